The lowest BCUT2D eigenvalue weighted by atomic mass is 10.1. The van der Waals surface area contributed by atoms with Gasteiger partial charge in [0.15, 0.2) is 22.7 Å². The van der Waals surface area contributed by atoms with Crippen molar-refractivity contribution in [2.45, 2.75) is 19.6 Å². The van der Waals surface area contributed by atoms with Crippen molar-refractivity contribution in [2.75, 3.05) is 0 Å². The number of phenols is 1. The molecule has 0 bridgehead atoms. The first kappa shape index (κ1) is 25.1. The number of fused-ring (bicyclic) bond motifs is 1. The summed E-state index contributed by atoms with van der Waals surface area (Å²) < 4.78 is 19.6. The van der Waals surface area contributed by atoms with Gasteiger partial charge in [-0.25, -0.2) is 14.2 Å². The highest BCUT2D eigenvalue weighted by atomic mass is 19.1. The van der Waals surface area contributed by atoms with Gasteiger partial charge >= 0.3 is 5.69 Å². The summed E-state index contributed by atoms with van der Waals surface area (Å²) in [7, 11) is 0. The molecule has 0 aliphatic carbocycles. The van der Waals surface area contributed by atoms with E-state index in [1.807, 2.05) is 91.0 Å². The maximum absolute atomic E-state index is 15.3. The maximum Gasteiger partial charge on any atom is 0.333 e. The van der Waals surface area contributed by atoms with Crippen molar-refractivity contribution >= 4 is 11.2 Å². The van der Waals surface area contributed by atoms with E-state index in [1.54, 1.807) is 4.57 Å². The SMILES string of the molecule is O=c1c2c(nc(-c3cccc(O)c3F)n2Cc2ccccc2)n(Cc2ccccc2)c(=O)n1Cc1ccccc1. The van der Waals surface area contributed by atoms with Gasteiger partial charge in [0.25, 0.3) is 5.56 Å². The first-order valence-corrected chi connectivity index (χ1v) is 12.8. The molecular weight excluding hydrogens is 507 g/mol. The molecule has 0 atom stereocenters. The second-order valence-corrected chi connectivity index (χ2v) is 9.55. The summed E-state index contributed by atoms with van der Waals surface area (Å²) in [5.74, 6) is -1.24. The molecule has 6 rings (SSSR count). The zero-order valence-electron chi connectivity index (χ0n) is 21.4. The third-order valence-electron chi connectivity index (χ3n) is 6.88. The number of hydrogen-bond acceptors (Lipinski definition) is 4. The first-order chi connectivity index (χ1) is 19.5. The molecule has 2 aromatic heterocycles. The summed E-state index contributed by atoms with van der Waals surface area (Å²) in [6.07, 6.45) is 0. The molecule has 4 aromatic carbocycles. The van der Waals surface area contributed by atoms with Crippen LogP contribution in [0.3, 0.4) is 0 Å². The van der Waals surface area contributed by atoms with Crippen molar-refractivity contribution in [1.29, 1.82) is 0 Å². The van der Waals surface area contributed by atoms with Crippen LogP contribution in [-0.4, -0.2) is 23.8 Å². The fourth-order valence-electron chi connectivity index (χ4n) is 4.92. The van der Waals surface area contributed by atoms with Crippen LogP contribution in [0.15, 0.2) is 119 Å². The molecule has 0 spiro atoms. The number of hydrogen-bond donors (Lipinski definition) is 1. The number of aromatic nitrogens is 4. The Morgan fingerprint density at radius 2 is 1.12 bits per heavy atom. The normalized spacial score (nSPS) is 11.2. The smallest absolute Gasteiger partial charge is 0.333 e. The molecule has 1 N–H and O–H groups in total. The van der Waals surface area contributed by atoms with Crippen molar-refractivity contribution in [1.82, 2.24) is 18.7 Å². The number of rotatable bonds is 7. The van der Waals surface area contributed by atoms with Gasteiger partial charge in [0.1, 0.15) is 5.82 Å². The van der Waals surface area contributed by atoms with Crippen LogP contribution in [0.5, 0.6) is 5.75 Å². The monoisotopic (exact) mass is 532 g/mol. The molecule has 8 heteroatoms. The van der Waals surface area contributed by atoms with Crippen molar-refractivity contribution in [3.05, 3.63) is 153 Å². The third kappa shape index (κ3) is 4.60. The van der Waals surface area contributed by atoms with Crippen LogP contribution in [0.4, 0.5) is 4.39 Å². The Balaban J connectivity index is 1.68. The molecule has 198 valence electrons. The van der Waals surface area contributed by atoms with Gasteiger partial charge in [-0.3, -0.25) is 13.9 Å². The van der Waals surface area contributed by atoms with E-state index in [2.05, 4.69) is 0 Å². The Bertz CT molecular complexity index is 1930. The standard InChI is InChI=1S/C32H25FN4O3/c33-27-25(17-10-18-26(27)38)29-34-30-28(35(29)19-22-11-4-1-5-12-22)31(39)37(21-24-15-8-3-9-16-24)32(40)36(30)20-23-13-6-2-7-14-23/h1-18,38H,19-21H2. The summed E-state index contributed by atoms with van der Waals surface area (Å²) in [5.41, 5.74) is 1.81. The van der Waals surface area contributed by atoms with Crippen LogP contribution in [0, 0.1) is 5.82 Å². The predicted octanol–water partition coefficient (Wildman–Crippen LogP) is 5.02. The molecule has 0 aliphatic rings. The maximum atomic E-state index is 15.3. The van der Waals surface area contributed by atoms with Gasteiger partial charge in [0.2, 0.25) is 0 Å². The van der Waals surface area contributed by atoms with Crippen LogP contribution >= 0.6 is 0 Å². The first-order valence-electron chi connectivity index (χ1n) is 12.8. The van der Waals surface area contributed by atoms with E-state index < -0.39 is 22.8 Å². The van der Waals surface area contributed by atoms with Gasteiger partial charge in [-0.1, -0.05) is 97.1 Å². The minimum Gasteiger partial charge on any atom is -0.505 e. The Morgan fingerprint density at radius 3 is 1.68 bits per heavy atom. The topological polar surface area (TPSA) is 82.1 Å². The van der Waals surface area contributed by atoms with Crippen LogP contribution in [-0.2, 0) is 19.6 Å². The highest BCUT2D eigenvalue weighted by molar-refractivity contribution is 5.78. The number of benzene rings is 4. The minimum atomic E-state index is -0.853. The number of halogens is 1. The largest absolute Gasteiger partial charge is 0.505 e. The van der Waals surface area contributed by atoms with Gasteiger partial charge in [-0.05, 0) is 28.8 Å². The highest BCUT2D eigenvalue weighted by Gasteiger charge is 2.25. The van der Waals surface area contributed by atoms with Gasteiger partial charge in [0, 0.05) is 6.54 Å². The second-order valence-electron chi connectivity index (χ2n) is 9.55. The Hall–Kier alpha value is -5.24. The van der Waals surface area contributed by atoms with Crippen LogP contribution in [0.25, 0.3) is 22.6 Å². The van der Waals surface area contributed by atoms with E-state index in [0.29, 0.717) is 0 Å². The molecule has 0 unspecified atom stereocenters. The second kappa shape index (κ2) is 10.5. The molecule has 0 radical (unpaired) electrons. The fraction of sp³-hybridized carbons (Fsp3) is 0.0938. The van der Waals surface area contributed by atoms with Gasteiger partial charge in [-0.15, -0.1) is 0 Å². The summed E-state index contributed by atoms with van der Waals surface area (Å²) in [6.45, 7) is 0.428. The molecule has 0 saturated carbocycles. The van der Waals surface area contributed by atoms with E-state index in [-0.39, 0.29) is 42.2 Å². The highest BCUT2D eigenvalue weighted by Crippen LogP contribution is 2.30. The molecule has 0 saturated heterocycles. The molecule has 6 aromatic rings. The van der Waals surface area contributed by atoms with Crippen molar-refractivity contribution in [3.63, 3.8) is 0 Å². The number of aromatic hydroxyl groups is 1. The zero-order valence-corrected chi connectivity index (χ0v) is 21.4. The Labute approximate surface area is 228 Å². The van der Waals surface area contributed by atoms with Crippen LogP contribution < -0.4 is 11.2 Å². The zero-order chi connectivity index (χ0) is 27.6. The van der Waals surface area contributed by atoms with E-state index in [9.17, 15) is 14.7 Å². The lowest BCUT2D eigenvalue weighted by molar-refractivity contribution is 0.433. The minimum absolute atomic E-state index is 0.0276. The summed E-state index contributed by atoms with van der Waals surface area (Å²) in [4.78, 5) is 32.7. The summed E-state index contributed by atoms with van der Waals surface area (Å²) in [5, 5.41) is 10.1. The molecule has 0 fully saturated rings. The number of imidazole rings is 1. The number of nitrogens with zero attached hydrogens (tertiary/aromatic N) is 4. The van der Waals surface area contributed by atoms with Crippen LogP contribution in [0.2, 0.25) is 0 Å². The number of phenolic OH excluding ortho intramolecular Hbond substituents is 1. The van der Waals surface area contributed by atoms with Crippen molar-refractivity contribution in [3.8, 4) is 17.1 Å². The molecule has 40 heavy (non-hydrogen) atoms. The third-order valence-corrected chi connectivity index (χ3v) is 6.88. The molecule has 7 nitrogen and oxygen atoms in total. The molecular formula is C32H25FN4O3. The van der Waals surface area contributed by atoms with Gasteiger partial charge < -0.3 is 9.67 Å². The summed E-state index contributed by atoms with van der Waals surface area (Å²) in [6, 6.07) is 32.4. The average molecular weight is 533 g/mol. The van der Waals surface area contributed by atoms with Crippen molar-refractivity contribution in [2.24, 2.45) is 0 Å². The van der Waals surface area contributed by atoms with E-state index in [4.69, 9.17) is 4.98 Å². The van der Waals surface area contributed by atoms with Crippen molar-refractivity contribution < 1.29 is 9.50 Å². The van der Waals surface area contributed by atoms with E-state index in [1.165, 1.54) is 27.3 Å². The lowest BCUT2D eigenvalue weighted by Crippen LogP contribution is -2.41. The quantitative estimate of drug-likeness (QED) is 0.313. The fourth-order valence-corrected chi connectivity index (χ4v) is 4.92. The van der Waals surface area contributed by atoms with Crippen LogP contribution in [0.1, 0.15) is 16.7 Å². The van der Waals surface area contributed by atoms with E-state index in [0.717, 1.165) is 16.7 Å². The molecule has 0 amide bonds. The van der Waals surface area contributed by atoms with Gasteiger partial charge in [-0.2, -0.15) is 0 Å². The predicted molar refractivity (Wildman–Crippen MR) is 152 cm³/mol. The lowest BCUT2D eigenvalue weighted by Gasteiger charge is -2.14. The Morgan fingerprint density at radius 1 is 0.625 bits per heavy atom. The average Bonchev–Trinajstić information content (AvgIpc) is 3.35. The molecule has 0 aliphatic heterocycles. The van der Waals surface area contributed by atoms with Gasteiger partial charge in [0.05, 0.1) is 18.7 Å². The Kier molecular flexibility index (Phi) is 6.57. The summed E-state index contributed by atoms with van der Waals surface area (Å²) >= 11 is 0. The molecule has 2 heterocycles. The van der Waals surface area contributed by atoms with E-state index >= 15 is 4.39 Å².